The largest absolute Gasteiger partial charge is 0.487 e. The fraction of sp³-hybridized carbons (Fsp3) is 0.333. The lowest BCUT2D eigenvalue weighted by atomic mass is 9.83. The van der Waals surface area contributed by atoms with Crippen LogP contribution in [0.25, 0.3) is 11.1 Å². The Kier molecular flexibility index (Phi) is 8.17. The molecule has 230 valence electrons. The number of halogens is 1. The number of aromatic nitrogens is 2. The summed E-state index contributed by atoms with van der Waals surface area (Å²) in [6, 6.07) is 16.4. The molecule has 3 aromatic carbocycles. The average molecular weight is 619 g/mol. The molecule has 0 unspecified atom stereocenters. The van der Waals surface area contributed by atoms with E-state index in [1.165, 1.54) is 22.5 Å². The minimum atomic E-state index is -4.01. The fourth-order valence-corrected chi connectivity index (χ4v) is 8.00. The van der Waals surface area contributed by atoms with Crippen molar-refractivity contribution >= 4 is 27.4 Å². The minimum Gasteiger partial charge on any atom is -0.487 e. The van der Waals surface area contributed by atoms with E-state index in [0.29, 0.717) is 29.1 Å². The van der Waals surface area contributed by atoms with Crippen LogP contribution in [-0.4, -0.2) is 53.0 Å². The van der Waals surface area contributed by atoms with Crippen molar-refractivity contribution in [3.8, 4) is 16.9 Å². The van der Waals surface area contributed by atoms with Crippen molar-refractivity contribution in [2.24, 2.45) is 13.0 Å². The predicted molar refractivity (Wildman–Crippen MR) is 165 cm³/mol. The van der Waals surface area contributed by atoms with E-state index in [1.807, 2.05) is 46.8 Å². The van der Waals surface area contributed by atoms with Crippen LogP contribution in [0.1, 0.15) is 48.2 Å². The van der Waals surface area contributed by atoms with E-state index in [2.05, 4.69) is 4.98 Å². The lowest BCUT2D eigenvalue weighted by molar-refractivity contribution is 0.0692. The average Bonchev–Trinajstić information content (AvgIpc) is 3.42. The first kappa shape index (κ1) is 29.8. The van der Waals surface area contributed by atoms with Crippen LogP contribution in [0.3, 0.4) is 0 Å². The Bertz CT molecular complexity index is 1790. The maximum absolute atomic E-state index is 14.5. The first-order chi connectivity index (χ1) is 21.1. The summed E-state index contributed by atoms with van der Waals surface area (Å²) < 4.78 is 53.0. The highest BCUT2D eigenvalue weighted by Crippen LogP contribution is 2.46. The van der Waals surface area contributed by atoms with Crippen molar-refractivity contribution < 1.29 is 27.4 Å². The molecule has 11 heteroatoms. The molecule has 0 spiro atoms. The molecular formula is C33H35FN4O5S. The zero-order valence-electron chi connectivity index (χ0n) is 24.7. The van der Waals surface area contributed by atoms with Crippen LogP contribution in [0.2, 0.25) is 0 Å². The number of imidazole rings is 1. The number of fused-ring (bicyclic) bond motifs is 1. The summed E-state index contributed by atoms with van der Waals surface area (Å²) in [5, 5.41) is 9.64. The zero-order valence-corrected chi connectivity index (χ0v) is 25.5. The lowest BCUT2D eigenvalue weighted by Gasteiger charge is -2.36. The number of nitrogens with zero attached hydrogens (tertiary/aromatic N) is 4. The standard InChI is InChI=1S/C33H35FN4O5S/c1-36-21-35-18-25(36)20-43-31-17-29-32(16-26(31)23-13-14-28(34)27(15-23)33(39)40)44(41,42)37(2)30(22-9-5-3-6-10-22)19-38(29)24-11-7-4-8-12-24/h4,7-8,11-18,21-22,30H,3,5-6,9-10,19-20H2,1-2H3,(H,39,40)/t30-/m0/s1. The van der Waals surface area contributed by atoms with Gasteiger partial charge in [-0.15, -0.1) is 0 Å². The maximum atomic E-state index is 14.5. The summed E-state index contributed by atoms with van der Waals surface area (Å²) in [4.78, 5) is 18.1. The molecule has 2 heterocycles. The number of carboxylic acids is 1. The topological polar surface area (TPSA) is 105 Å². The van der Waals surface area contributed by atoms with Gasteiger partial charge in [0.2, 0.25) is 10.0 Å². The molecule has 4 aromatic rings. The van der Waals surface area contributed by atoms with Crippen LogP contribution < -0.4 is 9.64 Å². The van der Waals surface area contributed by atoms with Gasteiger partial charge in [-0.1, -0.05) is 43.5 Å². The van der Waals surface area contributed by atoms with E-state index in [1.54, 1.807) is 25.6 Å². The Hall–Kier alpha value is -4.22. The Morgan fingerprint density at radius 3 is 2.48 bits per heavy atom. The monoisotopic (exact) mass is 618 g/mol. The number of hydrogen-bond donors (Lipinski definition) is 1. The second-order valence-electron chi connectivity index (χ2n) is 11.5. The van der Waals surface area contributed by atoms with Crippen molar-refractivity contribution in [3.05, 3.63) is 90.3 Å². The first-order valence-corrected chi connectivity index (χ1v) is 16.2. The molecule has 9 nitrogen and oxygen atoms in total. The molecule has 1 fully saturated rings. The SMILES string of the molecule is CN1[C@H](C2CCCCC2)CN(c2ccccc2)c2cc(OCc3cncn3C)c(-c3ccc(F)c(C(=O)O)c3)cc2S1(=O)=O. The van der Waals surface area contributed by atoms with Crippen LogP contribution in [0.15, 0.2) is 78.1 Å². The van der Waals surface area contributed by atoms with E-state index in [4.69, 9.17) is 4.74 Å². The Morgan fingerprint density at radius 2 is 1.80 bits per heavy atom. The second kappa shape index (κ2) is 12.0. The molecule has 1 aliphatic heterocycles. The third-order valence-electron chi connectivity index (χ3n) is 8.91. The molecule has 1 N–H and O–H groups in total. The van der Waals surface area contributed by atoms with Crippen molar-refractivity contribution in [1.29, 1.82) is 0 Å². The number of aromatic carboxylic acids is 1. The molecule has 1 atom stereocenters. The Balaban J connectivity index is 1.57. The summed E-state index contributed by atoms with van der Waals surface area (Å²) in [5.74, 6) is -1.76. The van der Waals surface area contributed by atoms with Gasteiger partial charge in [-0.05, 0) is 54.7 Å². The van der Waals surface area contributed by atoms with E-state index in [0.717, 1.165) is 49.6 Å². The van der Waals surface area contributed by atoms with Crippen molar-refractivity contribution in [3.63, 3.8) is 0 Å². The number of anilines is 2. The Morgan fingerprint density at radius 1 is 1.05 bits per heavy atom. The van der Waals surface area contributed by atoms with Crippen LogP contribution in [-0.2, 0) is 23.7 Å². The van der Waals surface area contributed by atoms with E-state index in [9.17, 15) is 22.7 Å². The van der Waals surface area contributed by atoms with Crippen LogP contribution in [0.5, 0.6) is 5.75 Å². The van der Waals surface area contributed by atoms with Crippen LogP contribution in [0, 0.1) is 11.7 Å². The smallest absolute Gasteiger partial charge is 0.338 e. The minimum absolute atomic E-state index is 0.0752. The number of likely N-dealkylation sites (N-methyl/N-ethyl adjacent to an activating group) is 1. The van der Waals surface area contributed by atoms with Gasteiger partial charge in [-0.2, -0.15) is 4.31 Å². The summed E-state index contributed by atoms with van der Waals surface area (Å²) in [6.45, 7) is 0.579. The number of rotatable bonds is 7. The summed E-state index contributed by atoms with van der Waals surface area (Å²) in [7, 11) is -0.518. The van der Waals surface area contributed by atoms with E-state index >= 15 is 0 Å². The maximum Gasteiger partial charge on any atom is 0.338 e. The molecule has 1 aromatic heterocycles. The third-order valence-corrected chi connectivity index (χ3v) is 10.8. The number of para-hydroxylation sites is 1. The molecule has 0 radical (unpaired) electrons. The van der Waals surface area contributed by atoms with Crippen LogP contribution >= 0.6 is 0 Å². The lowest BCUT2D eigenvalue weighted by Crippen LogP contribution is -2.46. The predicted octanol–water partition coefficient (Wildman–Crippen LogP) is 6.22. The molecule has 0 saturated heterocycles. The molecule has 0 amide bonds. The van der Waals surface area contributed by atoms with Gasteiger partial charge >= 0.3 is 5.97 Å². The highest BCUT2D eigenvalue weighted by molar-refractivity contribution is 7.89. The molecular weight excluding hydrogens is 583 g/mol. The van der Waals surface area contributed by atoms with Gasteiger partial charge in [0, 0.05) is 44.0 Å². The number of carboxylic acid groups (broad SMARTS) is 1. The Labute approximate surface area is 256 Å². The normalized spacial score (nSPS) is 18.9. The number of carbonyl (C=O) groups is 1. The second-order valence-corrected chi connectivity index (χ2v) is 13.5. The highest BCUT2D eigenvalue weighted by Gasteiger charge is 2.41. The van der Waals surface area contributed by atoms with E-state index in [-0.39, 0.29) is 23.5 Å². The van der Waals surface area contributed by atoms with Gasteiger partial charge in [0.15, 0.2) is 0 Å². The third kappa shape index (κ3) is 5.57. The van der Waals surface area contributed by atoms with Gasteiger partial charge < -0.3 is 19.3 Å². The van der Waals surface area contributed by atoms with E-state index < -0.39 is 27.4 Å². The fourth-order valence-electron chi connectivity index (χ4n) is 6.39. The molecule has 0 bridgehead atoms. The molecule has 2 aliphatic rings. The number of ether oxygens (including phenoxy) is 1. The molecule has 6 rings (SSSR count). The molecule has 1 aliphatic carbocycles. The van der Waals surface area contributed by atoms with Crippen molar-refractivity contribution in [2.75, 3.05) is 18.5 Å². The first-order valence-electron chi connectivity index (χ1n) is 14.7. The van der Waals surface area contributed by atoms with Gasteiger partial charge in [0.1, 0.15) is 23.1 Å². The van der Waals surface area contributed by atoms with Gasteiger partial charge in [-0.25, -0.2) is 22.6 Å². The molecule has 1 saturated carbocycles. The zero-order chi connectivity index (χ0) is 31.0. The van der Waals surface area contributed by atoms with Gasteiger partial charge in [0.25, 0.3) is 0 Å². The number of hydrogen-bond acceptors (Lipinski definition) is 6. The number of benzene rings is 3. The summed E-state index contributed by atoms with van der Waals surface area (Å²) in [6.07, 6.45) is 8.54. The van der Waals surface area contributed by atoms with Crippen molar-refractivity contribution in [2.45, 2.75) is 49.6 Å². The summed E-state index contributed by atoms with van der Waals surface area (Å²) >= 11 is 0. The van der Waals surface area contributed by atoms with Gasteiger partial charge in [-0.3, -0.25) is 0 Å². The van der Waals surface area contributed by atoms with Crippen molar-refractivity contribution in [1.82, 2.24) is 13.9 Å². The summed E-state index contributed by atoms with van der Waals surface area (Å²) in [5.41, 5.74) is 2.24. The van der Waals surface area contributed by atoms with Crippen LogP contribution in [0.4, 0.5) is 15.8 Å². The number of sulfonamides is 1. The molecule has 44 heavy (non-hydrogen) atoms. The number of aryl methyl sites for hydroxylation is 1. The van der Waals surface area contributed by atoms with Gasteiger partial charge in [0.05, 0.1) is 29.5 Å². The highest BCUT2D eigenvalue weighted by atomic mass is 32.2. The quantitative estimate of drug-likeness (QED) is 0.262.